The zero-order valence-corrected chi connectivity index (χ0v) is 15.2. The van der Waals surface area contributed by atoms with Gasteiger partial charge in [-0.15, -0.1) is 11.3 Å². The molecule has 0 saturated heterocycles. The van der Waals surface area contributed by atoms with Gasteiger partial charge >= 0.3 is 0 Å². The van der Waals surface area contributed by atoms with E-state index in [0.717, 1.165) is 27.8 Å². The molecule has 0 saturated carbocycles. The first-order valence-corrected chi connectivity index (χ1v) is 9.01. The van der Waals surface area contributed by atoms with Gasteiger partial charge in [0, 0.05) is 23.3 Å². The van der Waals surface area contributed by atoms with Crippen LogP contribution in [0.15, 0.2) is 54.2 Å². The first-order valence-electron chi connectivity index (χ1n) is 8.13. The number of pyridine rings is 1. The molecule has 7 heteroatoms. The number of thiazole rings is 1. The highest BCUT2D eigenvalue weighted by atomic mass is 32.1. The molecule has 1 aromatic carbocycles. The van der Waals surface area contributed by atoms with E-state index in [1.807, 2.05) is 41.8 Å². The second-order valence-corrected chi connectivity index (χ2v) is 6.29. The van der Waals surface area contributed by atoms with Crippen LogP contribution in [0.5, 0.6) is 11.5 Å². The van der Waals surface area contributed by atoms with E-state index in [-0.39, 0.29) is 12.3 Å². The lowest BCUT2D eigenvalue weighted by Crippen LogP contribution is -2.29. The van der Waals surface area contributed by atoms with Crippen LogP contribution in [0.2, 0.25) is 0 Å². The summed E-state index contributed by atoms with van der Waals surface area (Å²) in [7, 11) is 1.62. The van der Waals surface area contributed by atoms with Crippen LogP contribution in [0.3, 0.4) is 0 Å². The van der Waals surface area contributed by atoms with Gasteiger partial charge in [0.15, 0.2) is 0 Å². The van der Waals surface area contributed by atoms with E-state index in [2.05, 4.69) is 15.3 Å². The normalized spacial score (nSPS) is 10.3. The van der Waals surface area contributed by atoms with Gasteiger partial charge in [0.25, 0.3) is 0 Å². The molecular formula is C19H19N3O3S. The summed E-state index contributed by atoms with van der Waals surface area (Å²) in [5.74, 6) is 1.44. The Labute approximate surface area is 155 Å². The third-order valence-electron chi connectivity index (χ3n) is 3.57. The van der Waals surface area contributed by atoms with Crippen LogP contribution in [0.1, 0.15) is 5.69 Å². The minimum atomic E-state index is -0.0742. The highest BCUT2D eigenvalue weighted by Crippen LogP contribution is 2.23. The summed E-state index contributed by atoms with van der Waals surface area (Å²) in [6, 6.07) is 11.1. The Morgan fingerprint density at radius 3 is 2.58 bits per heavy atom. The number of carbonyl (C=O) groups is 1. The zero-order valence-electron chi connectivity index (χ0n) is 14.3. The van der Waals surface area contributed by atoms with Crippen molar-refractivity contribution >= 4 is 17.2 Å². The first kappa shape index (κ1) is 17.9. The van der Waals surface area contributed by atoms with Crippen LogP contribution in [-0.4, -0.2) is 36.1 Å². The molecule has 0 spiro atoms. The maximum atomic E-state index is 12.0. The number of ether oxygens (including phenoxy) is 2. The average Bonchev–Trinajstić information content (AvgIpc) is 3.15. The van der Waals surface area contributed by atoms with Crippen LogP contribution in [0.4, 0.5) is 0 Å². The monoisotopic (exact) mass is 369 g/mol. The average molecular weight is 369 g/mol. The molecule has 134 valence electrons. The Morgan fingerprint density at radius 2 is 1.85 bits per heavy atom. The fourth-order valence-electron chi connectivity index (χ4n) is 2.27. The van der Waals surface area contributed by atoms with Gasteiger partial charge < -0.3 is 14.8 Å². The van der Waals surface area contributed by atoms with Crippen LogP contribution >= 0.6 is 11.3 Å². The zero-order chi connectivity index (χ0) is 18.2. The standard InChI is InChI=1S/C19H19N3O3S/c1-24-16-2-4-17(5-3-16)25-11-10-21-18(23)12-15-13-26-19(22-15)14-6-8-20-9-7-14/h2-9,13H,10-12H2,1H3,(H,21,23). The van der Waals surface area contributed by atoms with Crippen LogP contribution in [0, 0.1) is 0 Å². The number of carbonyl (C=O) groups excluding carboxylic acids is 1. The lowest BCUT2D eigenvalue weighted by Gasteiger charge is -2.08. The quantitative estimate of drug-likeness (QED) is 0.618. The molecule has 0 fully saturated rings. The molecule has 0 aliphatic rings. The molecular weight excluding hydrogens is 350 g/mol. The number of amides is 1. The Balaban J connectivity index is 1.41. The van der Waals surface area contributed by atoms with Crippen LogP contribution in [0.25, 0.3) is 10.6 Å². The van der Waals surface area contributed by atoms with Gasteiger partial charge in [0.2, 0.25) is 5.91 Å². The summed E-state index contributed by atoms with van der Waals surface area (Å²) < 4.78 is 10.7. The fraction of sp³-hybridized carbons (Fsp3) is 0.211. The van der Waals surface area contributed by atoms with E-state index < -0.39 is 0 Å². The molecule has 3 aromatic rings. The van der Waals surface area contributed by atoms with Gasteiger partial charge in [-0.25, -0.2) is 4.98 Å². The number of nitrogens with zero attached hydrogens (tertiary/aromatic N) is 2. The largest absolute Gasteiger partial charge is 0.497 e. The number of hydrogen-bond acceptors (Lipinski definition) is 6. The summed E-state index contributed by atoms with van der Waals surface area (Å²) >= 11 is 1.52. The lowest BCUT2D eigenvalue weighted by atomic mass is 10.3. The van der Waals surface area contributed by atoms with Crippen molar-refractivity contribution in [2.75, 3.05) is 20.3 Å². The van der Waals surface area contributed by atoms with Gasteiger partial charge in [0.1, 0.15) is 23.1 Å². The molecule has 0 unspecified atom stereocenters. The van der Waals surface area contributed by atoms with Crippen molar-refractivity contribution in [3.8, 4) is 22.1 Å². The number of aromatic nitrogens is 2. The predicted molar refractivity (Wildman–Crippen MR) is 101 cm³/mol. The van der Waals surface area contributed by atoms with Crippen molar-refractivity contribution in [3.63, 3.8) is 0 Å². The van der Waals surface area contributed by atoms with E-state index in [1.54, 1.807) is 19.5 Å². The molecule has 0 aliphatic heterocycles. The molecule has 3 rings (SSSR count). The summed E-state index contributed by atoms with van der Waals surface area (Å²) in [6.07, 6.45) is 3.71. The molecule has 0 radical (unpaired) electrons. The number of nitrogens with one attached hydrogen (secondary N) is 1. The number of methoxy groups -OCH3 is 1. The summed E-state index contributed by atoms with van der Waals surface area (Å²) in [5.41, 5.74) is 1.76. The Kier molecular flexibility index (Phi) is 6.16. The lowest BCUT2D eigenvalue weighted by molar-refractivity contribution is -0.120. The van der Waals surface area contributed by atoms with Gasteiger partial charge in [-0.05, 0) is 36.4 Å². The third kappa shape index (κ3) is 5.03. The minimum Gasteiger partial charge on any atom is -0.497 e. The topological polar surface area (TPSA) is 73.3 Å². The highest BCUT2D eigenvalue weighted by Gasteiger charge is 2.08. The number of hydrogen-bond donors (Lipinski definition) is 1. The van der Waals surface area contributed by atoms with Gasteiger partial charge in [-0.3, -0.25) is 9.78 Å². The van der Waals surface area contributed by atoms with E-state index in [1.165, 1.54) is 11.3 Å². The van der Waals surface area contributed by atoms with E-state index >= 15 is 0 Å². The van der Waals surface area contributed by atoms with Crippen LogP contribution < -0.4 is 14.8 Å². The molecule has 26 heavy (non-hydrogen) atoms. The Morgan fingerprint density at radius 1 is 1.12 bits per heavy atom. The van der Waals surface area contributed by atoms with Crippen molar-refractivity contribution in [2.24, 2.45) is 0 Å². The molecule has 0 bridgehead atoms. The molecule has 2 aromatic heterocycles. The first-order chi connectivity index (χ1) is 12.7. The summed E-state index contributed by atoms with van der Waals surface area (Å²) in [5, 5.41) is 5.63. The number of rotatable bonds is 8. The van der Waals surface area contributed by atoms with E-state index in [4.69, 9.17) is 9.47 Å². The molecule has 6 nitrogen and oxygen atoms in total. The summed E-state index contributed by atoms with van der Waals surface area (Å²) in [4.78, 5) is 20.5. The van der Waals surface area contributed by atoms with Crippen molar-refractivity contribution in [1.29, 1.82) is 0 Å². The molecule has 1 N–H and O–H groups in total. The van der Waals surface area contributed by atoms with E-state index in [0.29, 0.717) is 13.2 Å². The molecule has 0 aliphatic carbocycles. The SMILES string of the molecule is COc1ccc(OCCNC(=O)Cc2csc(-c3ccncc3)n2)cc1. The Hall–Kier alpha value is -2.93. The molecule has 1 amide bonds. The van der Waals surface area contributed by atoms with Gasteiger partial charge in [-0.1, -0.05) is 0 Å². The maximum Gasteiger partial charge on any atom is 0.226 e. The second kappa shape index (κ2) is 8.96. The smallest absolute Gasteiger partial charge is 0.226 e. The van der Waals surface area contributed by atoms with E-state index in [9.17, 15) is 4.79 Å². The summed E-state index contributed by atoms with van der Waals surface area (Å²) in [6.45, 7) is 0.837. The van der Waals surface area contributed by atoms with Crippen molar-refractivity contribution in [3.05, 3.63) is 59.9 Å². The minimum absolute atomic E-state index is 0.0742. The third-order valence-corrected chi connectivity index (χ3v) is 4.51. The second-order valence-electron chi connectivity index (χ2n) is 5.43. The van der Waals surface area contributed by atoms with Crippen LogP contribution in [-0.2, 0) is 11.2 Å². The van der Waals surface area contributed by atoms with Crippen molar-refractivity contribution in [1.82, 2.24) is 15.3 Å². The maximum absolute atomic E-state index is 12.0. The van der Waals surface area contributed by atoms with Crippen molar-refractivity contribution < 1.29 is 14.3 Å². The molecule has 0 atom stereocenters. The fourth-order valence-corrected chi connectivity index (χ4v) is 3.10. The van der Waals surface area contributed by atoms with Gasteiger partial charge in [0.05, 0.1) is 25.8 Å². The highest BCUT2D eigenvalue weighted by molar-refractivity contribution is 7.13. The predicted octanol–water partition coefficient (Wildman–Crippen LogP) is 2.95. The van der Waals surface area contributed by atoms with Crippen molar-refractivity contribution in [2.45, 2.75) is 6.42 Å². The molecule has 2 heterocycles. The Bertz CT molecular complexity index is 835. The number of benzene rings is 1. The van der Waals surface area contributed by atoms with Gasteiger partial charge in [-0.2, -0.15) is 0 Å².